The van der Waals surface area contributed by atoms with E-state index in [1.807, 2.05) is 37.9 Å². The molecule has 0 aromatic carbocycles. The van der Waals surface area contributed by atoms with Crippen LogP contribution < -0.4 is 4.90 Å². The average molecular weight is 250 g/mol. The molecule has 0 aliphatic heterocycles. The first kappa shape index (κ1) is 11.9. The quantitative estimate of drug-likeness (QED) is 0.910. The molecule has 0 bridgehead atoms. The van der Waals surface area contributed by atoms with E-state index < -0.39 is 5.97 Å². The molecule has 0 unspecified atom stereocenters. The number of pyridine rings is 1. The maximum absolute atomic E-state index is 11.3. The normalized spacial score (nSPS) is 10.8. The molecular weight excluding hydrogens is 236 g/mol. The molecule has 0 radical (unpaired) electrons. The third kappa shape index (κ3) is 1.98. The standard InChI is InChI=1S/C12H14N2O2S/c1-4-14(3)9-8-6-5-7(2)13-11(8)17-10(9)12(15)16/h5-6H,4H2,1-3H3,(H,15,16). The van der Waals surface area contributed by atoms with Gasteiger partial charge in [-0.15, -0.1) is 11.3 Å². The van der Waals surface area contributed by atoms with Crippen LogP contribution >= 0.6 is 11.3 Å². The van der Waals surface area contributed by atoms with Crippen molar-refractivity contribution < 1.29 is 9.90 Å². The SMILES string of the molecule is CCN(C)c1c(C(=O)O)sc2nc(C)ccc12. The lowest BCUT2D eigenvalue weighted by Gasteiger charge is -2.16. The number of nitrogens with zero attached hydrogens (tertiary/aromatic N) is 2. The maximum Gasteiger partial charge on any atom is 0.348 e. The predicted molar refractivity (Wildman–Crippen MR) is 70.3 cm³/mol. The lowest BCUT2D eigenvalue weighted by molar-refractivity contribution is 0.0703. The first-order chi connectivity index (χ1) is 8.04. The summed E-state index contributed by atoms with van der Waals surface area (Å²) < 4.78 is 0. The fraction of sp³-hybridized carbons (Fsp3) is 0.333. The van der Waals surface area contributed by atoms with Crippen molar-refractivity contribution >= 4 is 33.2 Å². The lowest BCUT2D eigenvalue weighted by Crippen LogP contribution is -2.17. The maximum atomic E-state index is 11.3. The summed E-state index contributed by atoms with van der Waals surface area (Å²) in [4.78, 5) is 18.7. The summed E-state index contributed by atoms with van der Waals surface area (Å²) in [5.41, 5.74) is 1.67. The molecular formula is C12H14N2O2S. The number of thiophene rings is 1. The Morgan fingerprint density at radius 3 is 2.82 bits per heavy atom. The highest BCUT2D eigenvalue weighted by Crippen LogP contribution is 2.36. The number of hydrogen-bond donors (Lipinski definition) is 1. The number of carboxylic acid groups (broad SMARTS) is 1. The van der Waals surface area contributed by atoms with Crippen LogP contribution in [0.4, 0.5) is 5.69 Å². The molecule has 0 saturated heterocycles. The molecule has 0 spiro atoms. The zero-order valence-corrected chi connectivity index (χ0v) is 10.8. The van der Waals surface area contributed by atoms with Gasteiger partial charge in [0.25, 0.3) is 0 Å². The van der Waals surface area contributed by atoms with Crippen LogP contribution in [0.25, 0.3) is 10.2 Å². The number of fused-ring (bicyclic) bond motifs is 1. The summed E-state index contributed by atoms with van der Waals surface area (Å²) in [6.45, 7) is 4.67. The van der Waals surface area contributed by atoms with E-state index in [1.54, 1.807) is 0 Å². The van der Waals surface area contributed by atoms with Gasteiger partial charge in [0.1, 0.15) is 9.71 Å². The zero-order chi connectivity index (χ0) is 12.6. The second-order valence-electron chi connectivity index (χ2n) is 3.90. The van der Waals surface area contributed by atoms with Gasteiger partial charge in [-0.1, -0.05) is 0 Å². The molecule has 4 nitrogen and oxygen atoms in total. The molecule has 17 heavy (non-hydrogen) atoms. The summed E-state index contributed by atoms with van der Waals surface area (Å²) in [5, 5.41) is 10.2. The Morgan fingerprint density at radius 1 is 1.53 bits per heavy atom. The van der Waals surface area contributed by atoms with Crippen LogP contribution in [0.5, 0.6) is 0 Å². The minimum Gasteiger partial charge on any atom is -0.477 e. The van der Waals surface area contributed by atoms with Gasteiger partial charge in [0.2, 0.25) is 0 Å². The Labute approximate surface area is 104 Å². The number of carboxylic acids is 1. The van der Waals surface area contributed by atoms with E-state index in [2.05, 4.69) is 4.98 Å². The van der Waals surface area contributed by atoms with Gasteiger partial charge in [-0.25, -0.2) is 9.78 Å². The fourth-order valence-corrected chi connectivity index (χ4v) is 2.85. The van der Waals surface area contributed by atoms with Gasteiger partial charge >= 0.3 is 5.97 Å². The van der Waals surface area contributed by atoms with E-state index in [0.29, 0.717) is 4.88 Å². The molecule has 1 N–H and O–H groups in total. The molecule has 0 saturated carbocycles. The molecule has 2 aromatic rings. The van der Waals surface area contributed by atoms with Crippen LogP contribution in [-0.4, -0.2) is 29.7 Å². The first-order valence-electron chi connectivity index (χ1n) is 5.39. The van der Waals surface area contributed by atoms with Crippen molar-refractivity contribution in [2.45, 2.75) is 13.8 Å². The van der Waals surface area contributed by atoms with Gasteiger partial charge in [0.05, 0.1) is 5.69 Å². The number of aromatic nitrogens is 1. The molecule has 2 heterocycles. The van der Waals surface area contributed by atoms with Crippen molar-refractivity contribution in [1.29, 1.82) is 0 Å². The van der Waals surface area contributed by atoms with E-state index in [-0.39, 0.29) is 0 Å². The molecule has 5 heteroatoms. The number of aromatic carboxylic acids is 1. The first-order valence-corrected chi connectivity index (χ1v) is 6.20. The third-order valence-corrected chi connectivity index (χ3v) is 3.80. The number of carbonyl (C=O) groups is 1. The summed E-state index contributed by atoms with van der Waals surface area (Å²) in [6, 6.07) is 3.86. The van der Waals surface area contributed by atoms with Crippen molar-refractivity contribution in [3.05, 3.63) is 22.7 Å². The highest BCUT2D eigenvalue weighted by atomic mass is 32.1. The summed E-state index contributed by atoms with van der Waals surface area (Å²) in [7, 11) is 1.90. The number of anilines is 1. The van der Waals surface area contributed by atoms with Crippen molar-refractivity contribution in [2.24, 2.45) is 0 Å². The van der Waals surface area contributed by atoms with Crippen LogP contribution in [0.3, 0.4) is 0 Å². The Hall–Kier alpha value is -1.62. The zero-order valence-electron chi connectivity index (χ0n) is 10.0. The lowest BCUT2D eigenvalue weighted by atomic mass is 10.2. The Kier molecular flexibility index (Phi) is 3.02. The molecule has 0 amide bonds. The number of hydrogen-bond acceptors (Lipinski definition) is 4. The Bertz CT molecular complexity index is 577. The van der Waals surface area contributed by atoms with E-state index in [9.17, 15) is 9.90 Å². The summed E-state index contributed by atoms with van der Waals surface area (Å²) in [6.07, 6.45) is 0. The molecule has 0 aliphatic carbocycles. The smallest absolute Gasteiger partial charge is 0.348 e. The van der Waals surface area contributed by atoms with Crippen molar-refractivity contribution in [1.82, 2.24) is 4.98 Å². The van der Waals surface area contributed by atoms with E-state index in [4.69, 9.17) is 0 Å². The van der Waals surface area contributed by atoms with Gasteiger partial charge in [0.15, 0.2) is 0 Å². The van der Waals surface area contributed by atoms with Crippen molar-refractivity contribution in [3.63, 3.8) is 0 Å². The van der Waals surface area contributed by atoms with Crippen LogP contribution in [0, 0.1) is 6.92 Å². The predicted octanol–water partition coefficient (Wildman–Crippen LogP) is 2.76. The van der Waals surface area contributed by atoms with E-state index in [1.165, 1.54) is 11.3 Å². The summed E-state index contributed by atoms with van der Waals surface area (Å²) >= 11 is 1.24. The van der Waals surface area contributed by atoms with E-state index in [0.717, 1.165) is 28.1 Å². The molecule has 2 rings (SSSR count). The highest BCUT2D eigenvalue weighted by molar-refractivity contribution is 7.21. The van der Waals surface area contributed by atoms with Crippen molar-refractivity contribution in [3.8, 4) is 0 Å². The summed E-state index contributed by atoms with van der Waals surface area (Å²) in [5.74, 6) is -0.888. The van der Waals surface area contributed by atoms with Gasteiger partial charge in [-0.3, -0.25) is 0 Å². The van der Waals surface area contributed by atoms with E-state index >= 15 is 0 Å². The monoisotopic (exact) mass is 250 g/mol. The van der Waals surface area contributed by atoms with Crippen LogP contribution in [0.15, 0.2) is 12.1 Å². The molecule has 90 valence electrons. The largest absolute Gasteiger partial charge is 0.477 e. The average Bonchev–Trinajstić information content (AvgIpc) is 2.66. The van der Waals surface area contributed by atoms with Gasteiger partial charge in [-0.2, -0.15) is 0 Å². The molecule has 0 aliphatic rings. The topological polar surface area (TPSA) is 53.4 Å². The molecule has 0 atom stereocenters. The minimum absolute atomic E-state index is 0.363. The molecule has 2 aromatic heterocycles. The van der Waals surface area contributed by atoms with Crippen LogP contribution in [0.2, 0.25) is 0 Å². The van der Waals surface area contributed by atoms with Gasteiger partial charge < -0.3 is 10.0 Å². The second kappa shape index (κ2) is 4.33. The second-order valence-corrected chi connectivity index (χ2v) is 4.90. The highest BCUT2D eigenvalue weighted by Gasteiger charge is 2.20. The van der Waals surface area contributed by atoms with Crippen molar-refractivity contribution in [2.75, 3.05) is 18.5 Å². The minimum atomic E-state index is -0.888. The van der Waals surface area contributed by atoms with Crippen LogP contribution in [-0.2, 0) is 0 Å². The van der Waals surface area contributed by atoms with Gasteiger partial charge in [0, 0.05) is 24.7 Å². The third-order valence-electron chi connectivity index (χ3n) is 2.72. The Balaban J connectivity index is 2.75. The number of rotatable bonds is 3. The van der Waals surface area contributed by atoms with Crippen LogP contribution in [0.1, 0.15) is 22.3 Å². The fourth-order valence-electron chi connectivity index (χ4n) is 1.74. The Morgan fingerprint density at radius 2 is 2.24 bits per heavy atom. The molecule has 0 fully saturated rings. The number of aryl methyl sites for hydroxylation is 1. The van der Waals surface area contributed by atoms with Gasteiger partial charge in [-0.05, 0) is 26.0 Å².